The van der Waals surface area contributed by atoms with Crippen LogP contribution >= 0.6 is 0 Å². The summed E-state index contributed by atoms with van der Waals surface area (Å²) >= 11 is 0. The van der Waals surface area contributed by atoms with Crippen molar-refractivity contribution in [3.8, 4) is 5.88 Å². The van der Waals surface area contributed by atoms with Gasteiger partial charge < -0.3 is 4.74 Å². The van der Waals surface area contributed by atoms with Crippen LogP contribution in [0.2, 0.25) is 0 Å². The maximum atomic E-state index is 12.2. The van der Waals surface area contributed by atoms with Gasteiger partial charge >= 0.3 is 0 Å². The lowest BCUT2D eigenvalue weighted by Gasteiger charge is -2.16. The number of nitrogens with zero attached hydrogens (tertiary/aromatic N) is 1. The summed E-state index contributed by atoms with van der Waals surface area (Å²) in [6.45, 7) is 6.15. The van der Waals surface area contributed by atoms with Crippen LogP contribution in [0.15, 0.2) is 48.7 Å². The van der Waals surface area contributed by atoms with Gasteiger partial charge in [0.2, 0.25) is 5.88 Å². The van der Waals surface area contributed by atoms with Crippen molar-refractivity contribution in [2.75, 3.05) is 0 Å². The molecule has 3 heteroatoms. The van der Waals surface area contributed by atoms with Crippen molar-refractivity contribution in [1.29, 1.82) is 0 Å². The van der Waals surface area contributed by atoms with Gasteiger partial charge in [0.05, 0.1) is 0 Å². The van der Waals surface area contributed by atoms with Crippen LogP contribution in [-0.2, 0) is 6.61 Å². The summed E-state index contributed by atoms with van der Waals surface area (Å²) in [5.41, 5.74) is 1.30. The van der Waals surface area contributed by atoms with Gasteiger partial charge in [-0.1, -0.05) is 51.1 Å². The molecule has 0 aliphatic heterocycles. The predicted octanol–water partition coefficient (Wildman–Crippen LogP) is 3.89. The second kappa shape index (κ2) is 5.87. The molecule has 0 radical (unpaired) electrons. The van der Waals surface area contributed by atoms with Crippen LogP contribution in [0.25, 0.3) is 0 Å². The number of Topliss-reactive ketones (excluding diaryl/α,β-unsaturated/α-hetero) is 1. The summed E-state index contributed by atoms with van der Waals surface area (Å²) < 4.78 is 5.63. The lowest BCUT2D eigenvalue weighted by atomic mass is 9.87. The minimum Gasteiger partial charge on any atom is -0.473 e. The van der Waals surface area contributed by atoms with Gasteiger partial charge in [0.1, 0.15) is 6.61 Å². The first-order valence-electron chi connectivity index (χ1n) is 6.64. The quantitative estimate of drug-likeness (QED) is 0.790. The summed E-state index contributed by atoms with van der Waals surface area (Å²) in [4.78, 5) is 16.4. The van der Waals surface area contributed by atoms with E-state index in [1.807, 2.05) is 51.1 Å². The lowest BCUT2D eigenvalue weighted by Crippen LogP contribution is -2.20. The number of benzene rings is 1. The molecule has 2 rings (SSSR count). The minimum absolute atomic E-state index is 0.0875. The van der Waals surface area contributed by atoms with E-state index in [4.69, 9.17) is 4.74 Å². The van der Waals surface area contributed by atoms with Crippen molar-refractivity contribution in [3.63, 3.8) is 0 Å². The van der Waals surface area contributed by atoms with Crippen molar-refractivity contribution in [3.05, 3.63) is 59.8 Å². The largest absolute Gasteiger partial charge is 0.473 e. The molecule has 0 amide bonds. The molecular formula is C17H19NO2. The van der Waals surface area contributed by atoms with E-state index < -0.39 is 5.41 Å². The maximum absolute atomic E-state index is 12.2. The second-order valence-corrected chi connectivity index (χ2v) is 5.74. The molecule has 1 aromatic heterocycles. The Morgan fingerprint density at radius 3 is 2.50 bits per heavy atom. The standard InChI is InChI=1S/C17H19NO2/c1-17(2,3)16(19)14-9-10-18-15(11-14)20-12-13-7-5-4-6-8-13/h4-11H,12H2,1-3H3. The monoisotopic (exact) mass is 269 g/mol. The van der Waals surface area contributed by atoms with E-state index in [2.05, 4.69) is 4.98 Å². The van der Waals surface area contributed by atoms with Gasteiger partial charge in [-0.25, -0.2) is 4.98 Å². The smallest absolute Gasteiger partial charge is 0.214 e. The fourth-order valence-corrected chi connectivity index (χ4v) is 1.79. The molecule has 1 heterocycles. The van der Waals surface area contributed by atoms with Crippen molar-refractivity contribution >= 4 is 5.78 Å². The number of hydrogen-bond acceptors (Lipinski definition) is 3. The van der Waals surface area contributed by atoms with E-state index in [1.165, 1.54) is 0 Å². The molecule has 0 spiro atoms. The molecule has 1 aromatic carbocycles. The molecule has 0 saturated carbocycles. The van der Waals surface area contributed by atoms with Gasteiger partial charge in [0.25, 0.3) is 0 Å². The van der Waals surface area contributed by atoms with Crippen molar-refractivity contribution < 1.29 is 9.53 Å². The van der Waals surface area contributed by atoms with Gasteiger partial charge in [-0.15, -0.1) is 0 Å². The summed E-state index contributed by atoms with van der Waals surface area (Å²) in [7, 11) is 0. The van der Waals surface area contributed by atoms with Gasteiger partial charge in [0.15, 0.2) is 5.78 Å². The summed E-state index contributed by atoms with van der Waals surface area (Å²) in [6.07, 6.45) is 1.61. The Morgan fingerprint density at radius 2 is 1.85 bits per heavy atom. The number of rotatable bonds is 4. The number of hydrogen-bond donors (Lipinski definition) is 0. The van der Waals surface area contributed by atoms with Crippen LogP contribution in [0.1, 0.15) is 36.7 Å². The lowest BCUT2D eigenvalue weighted by molar-refractivity contribution is 0.0857. The van der Waals surface area contributed by atoms with E-state index in [9.17, 15) is 4.79 Å². The number of pyridine rings is 1. The van der Waals surface area contributed by atoms with Gasteiger partial charge in [0, 0.05) is 23.2 Å². The van der Waals surface area contributed by atoms with E-state index in [-0.39, 0.29) is 5.78 Å². The highest BCUT2D eigenvalue weighted by atomic mass is 16.5. The Balaban J connectivity index is 2.09. The molecule has 3 nitrogen and oxygen atoms in total. The Kier molecular flexibility index (Phi) is 4.18. The van der Waals surface area contributed by atoms with Crippen LogP contribution in [0.4, 0.5) is 0 Å². The number of carbonyl (C=O) groups excluding carboxylic acids is 1. The summed E-state index contributed by atoms with van der Waals surface area (Å²) in [6, 6.07) is 13.3. The molecule has 0 unspecified atom stereocenters. The van der Waals surface area contributed by atoms with Gasteiger partial charge in [-0.3, -0.25) is 4.79 Å². The molecule has 0 bridgehead atoms. The molecule has 0 N–H and O–H groups in total. The third-order valence-electron chi connectivity index (χ3n) is 2.91. The predicted molar refractivity (Wildman–Crippen MR) is 78.8 cm³/mol. The number of carbonyl (C=O) groups is 1. The van der Waals surface area contributed by atoms with E-state index >= 15 is 0 Å². The van der Waals surface area contributed by atoms with Crippen molar-refractivity contribution in [2.45, 2.75) is 27.4 Å². The fraction of sp³-hybridized carbons (Fsp3) is 0.294. The van der Waals surface area contributed by atoms with Crippen molar-refractivity contribution in [2.24, 2.45) is 5.41 Å². The highest BCUT2D eigenvalue weighted by Crippen LogP contribution is 2.22. The molecule has 0 atom stereocenters. The molecule has 0 fully saturated rings. The van der Waals surface area contributed by atoms with E-state index in [1.54, 1.807) is 18.3 Å². The number of ether oxygens (including phenoxy) is 1. The zero-order valence-electron chi connectivity index (χ0n) is 12.1. The number of aromatic nitrogens is 1. The number of ketones is 1. The van der Waals surface area contributed by atoms with Gasteiger partial charge in [-0.2, -0.15) is 0 Å². The average Bonchev–Trinajstić information content (AvgIpc) is 2.45. The zero-order chi connectivity index (χ0) is 14.6. The Morgan fingerprint density at radius 1 is 1.15 bits per heavy atom. The van der Waals surface area contributed by atoms with Crippen LogP contribution in [-0.4, -0.2) is 10.8 Å². The van der Waals surface area contributed by atoms with Crippen LogP contribution < -0.4 is 4.74 Å². The van der Waals surface area contributed by atoms with Crippen molar-refractivity contribution in [1.82, 2.24) is 4.98 Å². The van der Waals surface area contributed by atoms with E-state index in [0.29, 0.717) is 18.1 Å². The average molecular weight is 269 g/mol. The molecule has 0 aliphatic carbocycles. The fourth-order valence-electron chi connectivity index (χ4n) is 1.79. The highest BCUT2D eigenvalue weighted by molar-refractivity contribution is 5.99. The van der Waals surface area contributed by atoms with Crippen LogP contribution in [0.5, 0.6) is 5.88 Å². The molecule has 104 valence electrons. The molecule has 20 heavy (non-hydrogen) atoms. The Bertz CT molecular complexity index is 585. The first-order chi connectivity index (χ1) is 9.47. The first kappa shape index (κ1) is 14.3. The molecule has 0 saturated heterocycles. The Labute approximate surface area is 119 Å². The topological polar surface area (TPSA) is 39.2 Å². The van der Waals surface area contributed by atoms with Gasteiger partial charge in [-0.05, 0) is 11.6 Å². The zero-order valence-corrected chi connectivity index (χ0v) is 12.1. The molecule has 0 aliphatic rings. The SMILES string of the molecule is CC(C)(C)C(=O)c1ccnc(OCc2ccccc2)c1. The normalized spacial score (nSPS) is 11.2. The molecular weight excluding hydrogens is 250 g/mol. The van der Waals surface area contributed by atoms with Crippen LogP contribution in [0.3, 0.4) is 0 Å². The second-order valence-electron chi connectivity index (χ2n) is 5.74. The maximum Gasteiger partial charge on any atom is 0.214 e. The first-order valence-corrected chi connectivity index (χ1v) is 6.64. The third-order valence-corrected chi connectivity index (χ3v) is 2.91. The summed E-state index contributed by atoms with van der Waals surface area (Å²) in [5, 5.41) is 0. The highest BCUT2D eigenvalue weighted by Gasteiger charge is 2.23. The Hall–Kier alpha value is -2.16. The molecule has 2 aromatic rings. The van der Waals surface area contributed by atoms with E-state index in [0.717, 1.165) is 5.56 Å². The third kappa shape index (κ3) is 3.67. The summed E-state index contributed by atoms with van der Waals surface area (Å²) in [5.74, 6) is 0.563. The van der Waals surface area contributed by atoms with Crippen LogP contribution in [0, 0.1) is 5.41 Å². The minimum atomic E-state index is -0.405.